The molecule has 1 heterocycles. The quantitative estimate of drug-likeness (QED) is 0.527. The molecule has 0 atom stereocenters. The number of ether oxygens (including phenoxy) is 1. The molecule has 25 heavy (non-hydrogen) atoms. The van der Waals surface area contributed by atoms with E-state index in [-0.39, 0.29) is 26.0 Å². The van der Waals surface area contributed by atoms with Crippen LogP contribution in [0.3, 0.4) is 0 Å². The molecule has 0 aliphatic carbocycles. The van der Waals surface area contributed by atoms with Crippen LogP contribution >= 0.6 is 46.4 Å². The van der Waals surface area contributed by atoms with Crippen LogP contribution in [0.4, 0.5) is 0 Å². The van der Waals surface area contributed by atoms with E-state index in [9.17, 15) is 13.2 Å². The summed E-state index contributed by atoms with van der Waals surface area (Å²) in [5.74, 6) is -0.909. The molecule has 0 saturated heterocycles. The number of halogens is 4. The normalized spacial score (nSPS) is 11.2. The molecule has 0 aliphatic rings. The van der Waals surface area contributed by atoms with E-state index in [1.165, 1.54) is 30.3 Å². The highest BCUT2D eigenvalue weighted by molar-refractivity contribution is 7.89. The van der Waals surface area contributed by atoms with Gasteiger partial charge in [-0.3, -0.25) is 10.2 Å². The number of nitrogens with one attached hydrogen (secondary N) is 2. The first-order valence-electron chi connectivity index (χ1n) is 6.39. The zero-order valence-corrected chi connectivity index (χ0v) is 15.9. The molecule has 0 saturated carbocycles. The molecular formula is C13H9Cl4N3O4S. The Labute approximate surface area is 163 Å². The maximum absolute atomic E-state index is 12.0. The molecule has 2 N–H and O–H groups in total. The van der Waals surface area contributed by atoms with E-state index in [0.29, 0.717) is 5.02 Å². The predicted molar refractivity (Wildman–Crippen MR) is 94.7 cm³/mol. The van der Waals surface area contributed by atoms with E-state index < -0.39 is 22.5 Å². The zero-order valence-electron chi connectivity index (χ0n) is 12.1. The van der Waals surface area contributed by atoms with Gasteiger partial charge in [-0.25, -0.2) is 8.42 Å². The second-order valence-electron chi connectivity index (χ2n) is 4.44. The van der Waals surface area contributed by atoms with E-state index >= 15 is 0 Å². The van der Waals surface area contributed by atoms with Crippen LogP contribution in [0.15, 0.2) is 35.2 Å². The zero-order chi connectivity index (χ0) is 18.6. The van der Waals surface area contributed by atoms with Crippen molar-refractivity contribution in [2.75, 3.05) is 6.61 Å². The first-order valence-corrected chi connectivity index (χ1v) is 9.39. The number of nitrogens with zero attached hydrogens (tertiary/aromatic N) is 1. The van der Waals surface area contributed by atoms with Crippen molar-refractivity contribution < 1.29 is 17.9 Å². The van der Waals surface area contributed by atoms with Crippen molar-refractivity contribution in [2.24, 2.45) is 0 Å². The fraction of sp³-hybridized carbons (Fsp3) is 0.0769. The summed E-state index contributed by atoms with van der Waals surface area (Å²) in [6, 6.07) is 6.67. The molecule has 0 unspecified atom stereocenters. The molecule has 0 aliphatic heterocycles. The number of sulfonamides is 1. The molecule has 2 rings (SSSR count). The minimum atomic E-state index is -3.95. The molecule has 134 valence electrons. The van der Waals surface area contributed by atoms with E-state index in [4.69, 9.17) is 51.1 Å². The van der Waals surface area contributed by atoms with Gasteiger partial charge >= 0.3 is 0 Å². The molecule has 1 aromatic carbocycles. The van der Waals surface area contributed by atoms with Gasteiger partial charge in [0.15, 0.2) is 11.8 Å². The van der Waals surface area contributed by atoms with Gasteiger partial charge in [0.05, 0.1) is 9.92 Å². The summed E-state index contributed by atoms with van der Waals surface area (Å²) in [6.45, 7) is -0.562. The first-order chi connectivity index (χ1) is 11.7. The van der Waals surface area contributed by atoms with Gasteiger partial charge in [-0.1, -0.05) is 46.4 Å². The fourth-order valence-electron chi connectivity index (χ4n) is 1.50. The smallest absolute Gasteiger partial charge is 0.272 e. The average Bonchev–Trinajstić information content (AvgIpc) is 2.55. The van der Waals surface area contributed by atoms with Crippen LogP contribution in [0.1, 0.15) is 0 Å². The van der Waals surface area contributed by atoms with Gasteiger partial charge in [0.2, 0.25) is 5.88 Å². The van der Waals surface area contributed by atoms with Crippen molar-refractivity contribution in [1.82, 2.24) is 15.2 Å². The molecule has 2 aromatic rings. The number of hydrazine groups is 1. The van der Waals surface area contributed by atoms with Crippen molar-refractivity contribution in [3.63, 3.8) is 0 Å². The monoisotopic (exact) mass is 443 g/mol. The lowest BCUT2D eigenvalue weighted by molar-refractivity contribution is -0.123. The SMILES string of the molecule is O=C(COc1nc(Cl)c(Cl)cc1Cl)NNS(=O)(=O)c1ccc(Cl)cc1. The summed E-state index contributed by atoms with van der Waals surface area (Å²) in [4.78, 5) is 17.3. The number of rotatable bonds is 6. The van der Waals surface area contributed by atoms with E-state index in [1.807, 2.05) is 10.3 Å². The highest BCUT2D eigenvalue weighted by atomic mass is 35.5. The number of hydrogen-bond acceptors (Lipinski definition) is 5. The topological polar surface area (TPSA) is 97.4 Å². The van der Waals surface area contributed by atoms with Crippen molar-refractivity contribution in [1.29, 1.82) is 0 Å². The third-order valence-electron chi connectivity index (χ3n) is 2.64. The molecule has 1 amide bonds. The van der Waals surface area contributed by atoms with Crippen LogP contribution < -0.4 is 15.0 Å². The van der Waals surface area contributed by atoms with Gasteiger partial charge < -0.3 is 4.74 Å². The Balaban J connectivity index is 1.92. The van der Waals surface area contributed by atoms with E-state index in [0.717, 1.165) is 0 Å². The molecular weight excluding hydrogens is 436 g/mol. The Hall–Kier alpha value is -1.29. The lowest BCUT2D eigenvalue weighted by Crippen LogP contribution is -2.43. The standard InChI is InChI=1S/C13H9Cl4N3O4S/c14-7-1-3-8(4-2-7)25(22,23)20-19-11(21)6-24-13-10(16)5-9(15)12(17)18-13/h1-5,20H,6H2,(H,19,21). The summed E-state index contributed by atoms with van der Waals surface area (Å²) < 4.78 is 29.0. The molecule has 12 heteroatoms. The van der Waals surface area contributed by atoms with Gasteiger partial charge in [0.25, 0.3) is 15.9 Å². The summed E-state index contributed by atoms with van der Waals surface area (Å²) in [5.41, 5.74) is 1.99. The van der Waals surface area contributed by atoms with Crippen LogP contribution in [0, 0.1) is 0 Å². The number of carbonyl (C=O) groups excluding carboxylic acids is 1. The van der Waals surface area contributed by atoms with E-state index in [2.05, 4.69) is 4.98 Å². The average molecular weight is 445 g/mol. The molecule has 1 aromatic heterocycles. The lowest BCUT2D eigenvalue weighted by atomic mass is 10.4. The van der Waals surface area contributed by atoms with Crippen molar-refractivity contribution >= 4 is 62.3 Å². The number of hydrogen-bond donors (Lipinski definition) is 2. The van der Waals surface area contributed by atoms with E-state index in [1.54, 1.807) is 0 Å². The second kappa shape index (κ2) is 8.39. The maximum atomic E-state index is 12.0. The molecule has 0 bridgehead atoms. The summed E-state index contributed by atoms with van der Waals surface area (Å²) in [5, 5.41) is 0.496. The Kier molecular flexibility index (Phi) is 6.72. The maximum Gasteiger partial charge on any atom is 0.272 e. The Morgan fingerprint density at radius 1 is 1.08 bits per heavy atom. The van der Waals surface area contributed by atoms with Crippen LogP contribution in [0.5, 0.6) is 5.88 Å². The van der Waals surface area contributed by atoms with Gasteiger partial charge in [-0.05, 0) is 30.3 Å². The van der Waals surface area contributed by atoms with Gasteiger partial charge in [-0.15, -0.1) is 4.83 Å². The van der Waals surface area contributed by atoms with Crippen molar-refractivity contribution in [3.05, 3.63) is 50.6 Å². The third kappa shape index (κ3) is 5.60. The van der Waals surface area contributed by atoms with Crippen LogP contribution in [0.2, 0.25) is 20.2 Å². The summed E-state index contributed by atoms with van der Waals surface area (Å²) in [7, 11) is -3.95. The highest BCUT2D eigenvalue weighted by Gasteiger charge is 2.16. The minimum Gasteiger partial charge on any atom is -0.466 e. The minimum absolute atomic E-state index is 0.0453. The van der Waals surface area contributed by atoms with Crippen molar-refractivity contribution in [3.8, 4) is 5.88 Å². The number of benzene rings is 1. The largest absolute Gasteiger partial charge is 0.466 e. The number of amides is 1. The van der Waals surface area contributed by atoms with Gasteiger partial charge in [0, 0.05) is 5.02 Å². The summed E-state index contributed by atoms with van der Waals surface area (Å²) in [6.07, 6.45) is 0. The summed E-state index contributed by atoms with van der Waals surface area (Å²) >= 11 is 23.0. The number of pyridine rings is 1. The van der Waals surface area contributed by atoms with Crippen LogP contribution in [0.25, 0.3) is 0 Å². The molecule has 0 radical (unpaired) electrons. The van der Waals surface area contributed by atoms with Crippen LogP contribution in [-0.4, -0.2) is 25.9 Å². The number of carbonyl (C=O) groups is 1. The van der Waals surface area contributed by atoms with Crippen molar-refractivity contribution in [2.45, 2.75) is 4.90 Å². The molecule has 0 fully saturated rings. The first kappa shape index (κ1) is 20.0. The Morgan fingerprint density at radius 3 is 2.36 bits per heavy atom. The van der Waals surface area contributed by atoms with Crippen LogP contribution in [-0.2, 0) is 14.8 Å². The molecule has 0 spiro atoms. The predicted octanol–water partition coefficient (Wildman–Crippen LogP) is 3.08. The fourth-order valence-corrected chi connectivity index (χ4v) is 3.03. The Morgan fingerprint density at radius 2 is 1.72 bits per heavy atom. The molecule has 7 nitrogen and oxygen atoms in total. The lowest BCUT2D eigenvalue weighted by Gasteiger charge is -2.10. The third-order valence-corrected chi connectivity index (χ3v) is 5.10. The van der Waals surface area contributed by atoms with Gasteiger partial charge in [0.1, 0.15) is 5.02 Å². The second-order valence-corrected chi connectivity index (χ2v) is 7.74. The van der Waals surface area contributed by atoms with Gasteiger partial charge in [-0.2, -0.15) is 4.98 Å². The Bertz CT molecular complexity index is 891. The highest BCUT2D eigenvalue weighted by Crippen LogP contribution is 2.30. The number of aromatic nitrogens is 1.